The highest BCUT2D eigenvalue weighted by molar-refractivity contribution is 5.78. The van der Waals surface area contributed by atoms with E-state index in [9.17, 15) is 4.79 Å². The number of rotatable bonds is 6. The van der Waals surface area contributed by atoms with E-state index in [0.29, 0.717) is 12.6 Å². The zero-order valence-corrected chi connectivity index (χ0v) is 15.4. The smallest absolute Gasteiger partial charge is 0.234 e. The second-order valence-corrected chi connectivity index (χ2v) is 7.14. The maximum Gasteiger partial charge on any atom is 0.234 e. The molecule has 0 unspecified atom stereocenters. The van der Waals surface area contributed by atoms with Crippen LogP contribution in [0.2, 0.25) is 0 Å². The Labute approximate surface area is 150 Å². The first kappa shape index (κ1) is 18.1. The molecule has 0 bridgehead atoms. The molecule has 25 heavy (non-hydrogen) atoms. The SMILES string of the molecule is COc1ccc(OC)c([C@H]2CCCN2CC(=O)NC2CCCCC2)c1. The van der Waals surface area contributed by atoms with E-state index in [1.54, 1.807) is 14.2 Å². The largest absolute Gasteiger partial charge is 0.497 e. The van der Waals surface area contributed by atoms with E-state index in [0.717, 1.165) is 49.3 Å². The van der Waals surface area contributed by atoms with Gasteiger partial charge in [-0.15, -0.1) is 0 Å². The summed E-state index contributed by atoms with van der Waals surface area (Å²) in [6, 6.07) is 6.49. The number of carbonyl (C=O) groups is 1. The van der Waals surface area contributed by atoms with Gasteiger partial charge in [0.1, 0.15) is 11.5 Å². The summed E-state index contributed by atoms with van der Waals surface area (Å²) in [5.74, 6) is 1.85. The van der Waals surface area contributed by atoms with Gasteiger partial charge in [-0.1, -0.05) is 19.3 Å². The first-order valence-corrected chi connectivity index (χ1v) is 9.46. The number of nitrogens with one attached hydrogen (secondary N) is 1. The molecular formula is C20H30N2O3. The predicted octanol–water partition coefficient (Wildman–Crippen LogP) is 3.29. The van der Waals surface area contributed by atoms with Gasteiger partial charge < -0.3 is 14.8 Å². The van der Waals surface area contributed by atoms with Crippen molar-refractivity contribution in [2.75, 3.05) is 27.3 Å². The molecule has 138 valence electrons. The lowest BCUT2D eigenvalue weighted by Gasteiger charge is -2.28. The number of carbonyl (C=O) groups excluding carboxylic acids is 1. The van der Waals surface area contributed by atoms with Gasteiger partial charge in [-0.3, -0.25) is 9.69 Å². The van der Waals surface area contributed by atoms with Crippen LogP contribution in [0.25, 0.3) is 0 Å². The minimum Gasteiger partial charge on any atom is -0.497 e. The summed E-state index contributed by atoms with van der Waals surface area (Å²) in [4.78, 5) is 14.8. The molecule has 1 aliphatic carbocycles. The van der Waals surface area contributed by atoms with Crippen LogP contribution < -0.4 is 14.8 Å². The van der Waals surface area contributed by atoms with E-state index in [-0.39, 0.29) is 11.9 Å². The predicted molar refractivity (Wildman–Crippen MR) is 98.1 cm³/mol. The maximum atomic E-state index is 12.5. The molecule has 0 aromatic heterocycles. The Hall–Kier alpha value is -1.75. The van der Waals surface area contributed by atoms with Crippen molar-refractivity contribution in [1.82, 2.24) is 10.2 Å². The fourth-order valence-corrected chi connectivity index (χ4v) is 4.17. The van der Waals surface area contributed by atoms with Crippen LogP contribution in [0.15, 0.2) is 18.2 Å². The molecule has 5 heteroatoms. The molecule has 2 fully saturated rings. The molecule has 0 radical (unpaired) electrons. The number of hydrogen-bond acceptors (Lipinski definition) is 4. The molecule has 3 rings (SSSR count). The van der Waals surface area contributed by atoms with Gasteiger partial charge in [0.25, 0.3) is 0 Å². The zero-order valence-electron chi connectivity index (χ0n) is 15.4. The van der Waals surface area contributed by atoms with Crippen LogP contribution in [0.1, 0.15) is 56.6 Å². The minimum atomic E-state index is 0.153. The molecular weight excluding hydrogens is 316 g/mol. The third kappa shape index (κ3) is 4.46. The summed E-state index contributed by atoms with van der Waals surface area (Å²) in [5, 5.41) is 3.23. The molecule has 0 spiro atoms. The van der Waals surface area contributed by atoms with E-state index >= 15 is 0 Å². The van der Waals surface area contributed by atoms with Crippen LogP contribution in [0.5, 0.6) is 11.5 Å². The molecule has 5 nitrogen and oxygen atoms in total. The molecule has 1 aromatic rings. The van der Waals surface area contributed by atoms with Crippen molar-refractivity contribution in [2.45, 2.75) is 57.0 Å². The highest BCUT2D eigenvalue weighted by atomic mass is 16.5. The van der Waals surface area contributed by atoms with Gasteiger partial charge >= 0.3 is 0 Å². The average Bonchev–Trinajstić information content (AvgIpc) is 3.09. The fourth-order valence-electron chi connectivity index (χ4n) is 4.17. The standard InChI is InChI=1S/C20H30N2O3/c1-24-16-10-11-19(25-2)17(13-16)18-9-6-12-22(18)14-20(23)21-15-7-4-3-5-8-15/h10-11,13,15,18H,3-9,12,14H2,1-2H3,(H,21,23)/t18-/m1/s1. The lowest BCUT2D eigenvalue weighted by atomic mass is 9.95. The number of benzene rings is 1. The first-order chi connectivity index (χ1) is 12.2. The van der Waals surface area contributed by atoms with Crippen LogP contribution in [0.3, 0.4) is 0 Å². The minimum absolute atomic E-state index is 0.153. The van der Waals surface area contributed by atoms with Crippen LogP contribution in [0, 0.1) is 0 Å². The van der Waals surface area contributed by atoms with Crippen molar-refractivity contribution in [1.29, 1.82) is 0 Å². The van der Waals surface area contributed by atoms with Gasteiger partial charge in [-0.05, 0) is 50.4 Å². The third-order valence-corrected chi connectivity index (χ3v) is 5.48. The average molecular weight is 346 g/mol. The van der Waals surface area contributed by atoms with Gasteiger partial charge in [0, 0.05) is 17.6 Å². The van der Waals surface area contributed by atoms with Crippen molar-refractivity contribution < 1.29 is 14.3 Å². The van der Waals surface area contributed by atoms with E-state index in [2.05, 4.69) is 10.2 Å². The Morgan fingerprint density at radius 2 is 1.92 bits per heavy atom. The molecule has 1 N–H and O–H groups in total. The summed E-state index contributed by atoms with van der Waals surface area (Å²) in [7, 11) is 3.37. The summed E-state index contributed by atoms with van der Waals surface area (Å²) in [6.07, 6.45) is 8.16. The van der Waals surface area contributed by atoms with Gasteiger partial charge in [-0.2, -0.15) is 0 Å². The lowest BCUT2D eigenvalue weighted by Crippen LogP contribution is -2.42. The van der Waals surface area contributed by atoms with Crippen LogP contribution in [-0.4, -0.2) is 44.2 Å². The summed E-state index contributed by atoms with van der Waals surface area (Å²) in [6.45, 7) is 1.41. The Kier molecular flexibility index (Phi) is 6.19. The Balaban J connectivity index is 1.67. The number of methoxy groups -OCH3 is 2. The Bertz CT molecular complexity index is 584. The summed E-state index contributed by atoms with van der Waals surface area (Å²) < 4.78 is 10.9. The molecule has 1 saturated heterocycles. The summed E-state index contributed by atoms with van der Waals surface area (Å²) in [5.41, 5.74) is 1.12. The van der Waals surface area contributed by atoms with Crippen molar-refractivity contribution in [3.63, 3.8) is 0 Å². The van der Waals surface area contributed by atoms with E-state index < -0.39 is 0 Å². The lowest BCUT2D eigenvalue weighted by molar-refractivity contribution is -0.123. The van der Waals surface area contributed by atoms with Crippen molar-refractivity contribution in [3.8, 4) is 11.5 Å². The molecule has 1 aromatic carbocycles. The molecule has 1 aliphatic heterocycles. The number of hydrogen-bond donors (Lipinski definition) is 1. The van der Waals surface area contributed by atoms with E-state index in [1.165, 1.54) is 19.3 Å². The molecule has 1 saturated carbocycles. The van der Waals surface area contributed by atoms with E-state index in [1.807, 2.05) is 18.2 Å². The fraction of sp³-hybridized carbons (Fsp3) is 0.650. The van der Waals surface area contributed by atoms with Gasteiger partial charge in [0.15, 0.2) is 0 Å². The number of nitrogens with zero attached hydrogens (tertiary/aromatic N) is 1. The topological polar surface area (TPSA) is 50.8 Å². The molecule has 1 atom stereocenters. The monoisotopic (exact) mass is 346 g/mol. The van der Waals surface area contributed by atoms with Crippen LogP contribution in [-0.2, 0) is 4.79 Å². The molecule has 1 heterocycles. The molecule has 2 aliphatic rings. The Morgan fingerprint density at radius 1 is 1.12 bits per heavy atom. The van der Waals surface area contributed by atoms with Gasteiger partial charge in [0.2, 0.25) is 5.91 Å². The van der Waals surface area contributed by atoms with E-state index in [4.69, 9.17) is 9.47 Å². The second-order valence-electron chi connectivity index (χ2n) is 7.14. The maximum absolute atomic E-state index is 12.5. The number of ether oxygens (including phenoxy) is 2. The highest BCUT2D eigenvalue weighted by Crippen LogP contribution is 2.38. The van der Waals surface area contributed by atoms with Crippen molar-refractivity contribution >= 4 is 5.91 Å². The second kappa shape index (κ2) is 8.56. The first-order valence-electron chi connectivity index (χ1n) is 9.46. The zero-order chi connectivity index (χ0) is 17.6. The van der Waals surface area contributed by atoms with Gasteiger partial charge in [-0.25, -0.2) is 0 Å². The number of likely N-dealkylation sites (tertiary alicyclic amines) is 1. The summed E-state index contributed by atoms with van der Waals surface area (Å²) >= 11 is 0. The quantitative estimate of drug-likeness (QED) is 0.859. The van der Waals surface area contributed by atoms with Crippen molar-refractivity contribution in [2.24, 2.45) is 0 Å². The highest BCUT2D eigenvalue weighted by Gasteiger charge is 2.30. The van der Waals surface area contributed by atoms with Crippen LogP contribution >= 0.6 is 0 Å². The third-order valence-electron chi connectivity index (χ3n) is 5.48. The molecule has 1 amide bonds. The normalized spacial score (nSPS) is 21.9. The van der Waals surface area contributed by atoms with Crippen LogP contribution in [0.4, 0.5) is 0 Å². The number of amides is 1. The van der Waals surface area contributed by atoms with Gasteiger partial charge in [0.05, 0.1) is 20.8 Å². The van der Waals surface area contributed by atoms with Crippen molar-refractivity contribution in [3.05, 3.63) is 23.8 Å². The Morgan fingerprint density at radius 3 is 2.64 bits per heavy atom.